The lowest BCUT2D eigenvalue weighted by Crippen LogP contribution is -2.37. The molecule has 1 fully saturated rings. The number of aliphatic imine (C=N–C) groups is 1. The highest BCUT2D eigenvalue weighted by Gasteiger charge is 2.10. The van der Waals surface area contributed by atoms with E-state index in [1.165, 1.54) is 38.9 Å². The van der Waals surface area contributed by atoms with E-state index in [0.29, 0.717) is 6.54 Å². The first-order valence-electron chi connectivity index (χ1n) is 9.14. The molecule has 0 spiro atoms. The van der Waals surface area contributed by atoms with Crippen molar-refractivity contribution in [2.45, 2.75) is 32.2 Å². The van der Waals surface area contributed by atoms with Crippen molar-refractivity contribution in [3.8, 4) is 11.5 Å². The average molecular weight is 476 g/mol. The summed E-state index contributed by atoms with van der Waals surface area (Å²) >= 11 is 0. The van der Waals surface area contributed by atoms with E-state index < -0.39 is 0 Å². The highest BCUT2D eigenvalue weighted by Crippen LogP contribution is 2.27. The maximum atomic E-state index is 5.34. The fourth-order valence-corrected chi connectivity index (χ4v) is 3.07. The third kappa shape index (κ3) is 7.57. The molecule has 0 amide bonds. The highest BCUT2D eigenvalue weighted by atomic mass is 127. The number of likely N-dealkylation sites (tertiary alicyclic amines) is 1. The van der Waals surface area contributed by atoms with Crippen molar-refractivity contribution in [2.24, 2.45) is 4.99 Å². The Morgan fingerprint density at radius 1 is 1.08 bits per heavy atom. The second-order valence-corrected chi connectivity index (χ2v) is 6.30. The molecule has 2 rings (SSSR count). The fourth-order valence-electron chi connectivity index (χ4n) is 3.07. The van der Waals surface area contributed by atoms with Crippen LogP contribution in [0.25, 0.3) is 0 Å². The summed E-state index contributed by atoms with van der Waals surface area (Å²) in [5.74, 6) is 2.31. The van der Waals surface area contributed by atoms with Crippen molar-refractivity contribution in [3.63, 3.8) is 0 Å². The van der Waals surface area contributed by atoms with Crippen LogP contribution >= 0.6 is 24.0 Å². The smallest absolute Gasteiger partial charge is 0.191 e. The van der Waals surface area contributed by atoms with Gasteiger partial charge in [-0.05, 0) is 63.0 Å². The summed E-state index contributed by atoms with van der Waals surface area (Å²) in [5.41, 5.74) is 1.12. The minimum Gasteiger partial charge on any atom is -0.493 e. The molecule has 1 aliphatic rings. The molecule has 1 aromatic rings. The zero-order valence-corrected chi connectivity index (χ0v) is 18.5. The maximum Gasteiger partial charge on any atom is 0.191 e. The van der Waals surface area contributed by atoms with Gasteiger partial charge in [0.2, 0.25) is 0 Å². The van der Waals surface area contributed by atoms with Crippen LogP contribution in [-0.4, -0.2) is 58.3 Å². The van der Waals surface area contributed by atoms with Crippen LogP contribution in [0.1, 0.15) is 31.2 Å². The zero-order valence-electron chi connectivity index (χ0n) is 16.2. The topological polar surface area (TPSA) is 58.1 Å². The molecule has 1 heterocycles. The van der Waals surface area contributed by atoms with E-state index in [-0.39, 0.29) is 24.0 Å². The lowest BCUT2D eigenvalue weighted by molar-refractivity contribution is 0.330. The van der Waals surface area contributed by atoms with E-state index in [9.17, 15) is 0 Å². The standard InChI is InChI=1S/C19H32N4O2.HI/c1-20-19(21-10-4-5-11-23-12-6-7-13-23)22-15-16-8-9-17(24-2)18(14-16)25-3;/h8-9,14H,4-7,10-13,15H2,1-3H3,(H2,20,21,22);1H. The first-order valence-corrected chi connectivity index (χ1v) is 9.14. The number of methoxy groups -OCH3 is 2. The Bertz CT molecular complexity index is 548. The first-order chi connectivity index (χ1) is 12.3. The molecular weight excluding hydrogens is 443 g/mol. The van der Waals surface area contributed by atoms with Gasteiger partial charge in [0.1, 0.15) is 0 Å². The van der Waals surface area contributed by atoms with Crippen LogP contribution in [0.2, 0.25) is 0 Å². The summed E-state index contributed by atoms with van der Waals surface area (Å²) in [5, 5.41) is 6.72. The van der Waals surface area contributed by atoms with Gasteiger partial charge < -0.3 is 25.0 Å². The molecule has 1 aromatic carbocycles. The van der Waals surface area contributed by atoms with Gasteiger partial charge in [0.25, 0.3) is 0 Å². The molecule has 0 aromatic heterocycles. The van der Waals surface area contributed by atoms with Crippen LogP contribution in [0.3, 0.4) is 0 Å². The lowest BCUT2D eigenvalue weighted by Gasteiger charge is -2.15. The third-order valence-electron chi connectivity index (χ3n) is 4.52. The number of guanidine groups is 1. The van der Waals surface area contributed by atoms with Gasteiger partial charge in [0, 0.05) is 20.1 Å². The summed E-state index contributed by atoms with van der Waals surface area (Å²) in [6.45, 7) is 5.41. The van der Waals surface area contributed by atoms with Crippen molar-refractivity contribution < 1.29 is 9.47 Å². The third-order valence-corrected chi connectivity index (χ3v) is 4.52. The van der Waals surface area contributed by atoms with Gasteiger partial charge in [0.05, 0.1) is 14.2 Å². The minimum absolute atomic E-state index is 0. The van der Waals surface area contributed by atoms with Gasteiger partial charge in [-0.3, -0.25) is 4.99 Å². The number of hydrogen-bond donors (Lipinski definition) is 2. The van der Waals surface area contributed by atoms with Gasteiger partial charge >= 0.3 is 0 Å². The van der Waals surface area contributed by atoms with Crippen LogP contribution in [0.4, 0.5) is 0 Å². The van der Waals surface area contributed by atoms with E-state index in [1.54, 1.807) is 21.3 Å². The summed E-state index contributed by atoms with van der Waals surface area (Å²) in [6.07, 6.45) is 5.13. The summed E-state index contributed by atoms with van der Waals surface area (Å²) in [7, 11) is 5.09. The predicted octanol–water partition coefficient (Wildman–Crippen LogP) is 2.86. The Labute approximate surface area is 174 Å². The lowest BCUT2D eigenvalue weighted by atomic mass is 10.2. The minimum atomic E-state index is 0. The summed E-state index contributed by atoms with van der Waals surface area (Å²) in [6, 6.07) is 5.93. The second-order valence-electron chi connectivity index (χ2n) is 6.30. The first kappa shape index (κ1) is 22.8. The summed E-state index contributed by atoms with van der Waals surface area (Å²) in [4.78, 5) is 6.84. The Kier molecular flexibility index (Phi) is 11.4. The Hall–Kier alpha value is -1.22. The number of unbranched alkanes of at least 4 members (excludes halogenated alkanes) is 1. The molecule has 0 radical (unpaired) electrons. The maximum absolute atomic E-state index is 5.34. The van der Waals surface area contributed by atoms with Gasteiger partial charge in [0.15, 0.2) is 17.5 Å². The van der Waals surface area contributed by atoms with E-state index >= 15 is 0 Å². The number of ether oxygens (including phenoxy) is 2. The van der Waals surface area contributed by atoms with Gasteiger partial charge in [-0.15, -0.1) is 24.0 Å². The van der Waals surface area contributed by atoms with Crippen molar-refractivity contribution in [3.05, 3.63) is 23.8 Å². The van der Waals surface area contributed by atoms with Crippen LogP contribution in [0.5, 0.6) is 11.5 Å². The molecule has 0 bridgehead atoms. The van der Waals surface area contributed by atoms with Gasteiger partial charge in [-0.25, -0.2) is 0 Å². The highest BCUT2D eigenvalue weighted by molar-refractivity contribution is 14.0. The van der Waals surface area contributed by atoms with E-state index in [0.717, 1.165) is 36.0 Å². The predicted molar refractivity (Wildman–Crippen MR) is 118 cm³/mol. The molecular formula is C19H33IN4O2. The number of hydrogen-bond acceptors (Lipinski definition) is 4. The Morgan fingerprint density at radius 3 is 2.46 bits per heavy atom. The fraction of sp³-hybridized carbons (Fsp3) is 0.632. The largest absolute Gasteiger partial charge is 0.493 e. The monoisotopic (exact) mass is 476 g/mol. The van der Waals surface area contributed by atoms with Crippen LogP contribution < -0.4 is 20.1 Å². The molecule has 2 N–H and O–H groups in total. The van der Waals surface area contributed by atoms with E-state index in [2.05, 4.69) is 20.5 Å². The number of nitrogens with zero attached hydrogens (tertiary/aromatic N) is 2. The normalized spacial score (nSPS) is 14.7. The van der Waals surface area contributed by atoms with E-state index in [1.807, 2.05) is 18.2 Å². The Balaban J connectivity index is 0.00000338. The zero-order chi connectivity index (χ0) is 17.9. The van der Waals surface area contributed by atoms with Crippen molar-refractivity contribution in [2.75, 3.05) is 47.4 Å². The second kappa shape index (κ2) is 13.0. The Morgan fingerprint density at radius 2 is 1.81 bits per heavy atom. The average Bonchev–Trinajstić information content (AvgIpc) is 3.17. The SMILES string of the molecule is CN=C(NCCCCN1CCCC1)NCc1ccc(OC)c(OC)c1.I. The van der Waals surface area contributed by atoms with Crippen molar-refractivity contribution in [1.82, 2.24) is 15.5 Å². The van der Waals surface area contributed by atoms with Crippen LogP contribution in [0, 0.1) is 0 Å². The number of rotatable bonds is 9. The molecule has 1 aliphatic heterocycles. The quantitative estimate of drug-likeness (QED) is 0.249. The van der Waals surface area contributed by atoms with E-state index in [4.69, 9.17) is 9.47 Å². The molecule has 148 valence electrons. The number of halogens is 1. The molecule has 6 nitrogen and oxygen atoms in total. The van der Waals surface area contributed by atoms with Gasteiger partial charge in [-0.2, -0.15) is 0 Å². The molecule has 1 saturated heterocycles. The summed E-state index contributed by atoms with van der Waals surface area (Å²) < 4.78 is 10.6. The molecule has 7 heteroatoms. The molecule has 0 unspecified atom stereocenters. The number of nitrogens with one attached hydrogen (secondary N) is 2. The molecule has 0 atom stereocenters. The van der Waals surface area contributed by atoms with Crippen LogP contribution in [0.15, 0.2) is 23.2 Å². The molecule has 26 heavy (non-hydrogen) atoms. The van der Waals surface area contributed by atoms with Gasteiger partial charge in [-0.1, -0.05) is 6.07 Å². The van der Waals surface area contributed by atoms with Crippen LogP contribution in [-0.2, 0) is 6.54 Å². The van der Waals surface area contributed by atoms with Crippen molar-refractivity contribution in [1.29, 1.82) is 0 Å². The number of benzene rings is 1. The molecule has 0 saturated carbocycles. The van der Waals surface area contributed by atoms with Crippen molar-refractivity contribution >= 4 is 29.9 Å². The molecule has 0 aliphatic carbocycles.